The van der Waals surface area contributed by atoms with Gasteiger partial charge in [-0.2, -0.15) is 0 Å². The summed E-state index contributed by atoms with van der Waals surface area (Å²) in [5.74, 6) is 0. The van der Waals surface area contributed by atoms with Crippen LogP contribution in [0, 0.1) is 0 Å². The van der Waals surface area contributed by atoms with E-state index in [0.29, 0.717) is 0 Å². The Morgan fingerprint density at radius 3 is 2.71 bits per heavy atom. The number of nitrogens with zero attached hydrogens (tertiary/aromatic N) is 1. The van der Waals surface area contributed by atoms with Gasteiger partial charge < -0.3 is 5.21 Å². The minimum Gasteiger partial charge on any atom is -0.411 e. The molecule has 2 rings (SSSR count). The summed E-state index contributed by atoms with van der Waals surface area (Å²) in [6.45, 7) is 0. The fourth-order valence-corrected chi connectivity index (χ4v) is 1.73. The molecule has 0 aliphatic rings. The number of thiol groups is 1. The number of hydrogen-bond acceptors (Lipinski definition) is 3. The van der Waals surface area contributed by atoms with Crippen LogP contribution in [0.1, 0.15) is 5.56 Å². The molecule has 0 amide bonds. The van der Waals surface area contributed by atoms with E-state index in [2.05, 4.69) is 17.8 Å². The summed E-state index contributed by atoms with van der Waals surface area (Å²) in [5, 5.41) is 13.7. The van der Waals surface area contributed by atoms with Crippen LogP contribution in [0.2, 0.25) is 0 Å². The molecule has 0 unspecified atom stereocenters. The van der Waals surface area contributed by atoms with Gasteiger partial charge in [-0.25, -0.2) is 0 Å². The van der Waals surface area contributed by atoms with Gasteiger partial charge in [-0.05, 0) is 16.8 Å². The fraction of sp³-hybridized carbons (Fsp3) is 0. The Bertz CT molecular complexity index is 494. The maximum Gasteiger partial charge on any atom is 0.0751 e. The molecule has 0 saturated carbocycles. The SMILES string of the molecule is O/N=C/c1c(S)ccc2ccccc12. The summed E-state index contributed by atoms with van der Waals surface area (Å²) in [5.41, 5.74) is 0.842. The minimum absolute atomic E-state index is 0.807. The van der Waals surface area contributed by atoms with Crippen molar-refractivity contribution < 1.29 is 5.21 Å². The fourth-order valence-electron chi connectivity index (χ4n) is 1.48. The molecule has 2 aromatic rings. The summed E-state index contributed by atoms with van der Waals surface area (Å²) < 4.78 is 0. The van der Waals surface area contributed by atoms with E-state index in [4.69, 9.17) is 5.21 Å². The molecular formula is C11H9NOS. The van der Waals surface area contributed by atoms with E-state index in [1.54, 1.807) is 0 Å². The van der Waals surface area contributed by atoms with Gasteiger partial charge in [-0.3, -0.25) is 0 Å². The van der Waals surface area contributed by atoms with Crippen LogP contribution in [0.3, 0.4) is 0 Å². The summed E-state index contributed by atoms with van der Waals surface area (Å²) in [7, 11) is 0. The monoisotopic (exact) mass is 203 g/mol. The molecule has 0 saturated heterocycles. The van der Waals surface area contributed by atoms with Crippen molar-refractivity contribution in [3.8, 4) is 0 Å². The molecule has 2 aromatic carbocycles. The zero-order valence-corrected chi connectivity index (χ0v) is 8.28. The number of fused-ring (bicyclic) bond motifs is 1. The first kappa shape index (κ1) is 9.09. The van der Waals surface area contributed by atoms with Crippen LogP contribution in [0.5, 0.6) is 0 Å². The molecule has 0 radical (unpaired) electrons. The van der Waals surface area contributed by atoms with Crippen molar-refractivity contribution in [2.45, 2.75) is 4.90 Å². The molecule has 0 spiro atoms. The first-order chi connectivity index (χ1) is 6.83. The third-order valence-electron chi connectivity index (χ3n) is 2.13. The van der Waals surface area contributed by atoms with E-state index >= 15 is 0 Å². The van der Waals surface area contributed by atoms with Crippen LogP contribution in [0.25, 0.3) is 10.8 Å². The summed E-state index contributed by atoms with van der Waals surface area (Å²) >= 11 is 4.31. The van der Waals surface area contributed by atoms with Crippen LogP contribution in [-0.2, 0) is 0 Å². The Kier molecular flexibility index (Phi) is 2.41. The lowest BCUT2D eigenvalue weighted by molar-refractivity contribution is 0.322. The van der Waals surface area contributed by atoms with Crippen molar-refractivity contribution in [2.75, 3.05) is 0 Å². The van der Waals surface area contributed by atoms with E-state index in [1.165, 1.54) is 6.21 Å². The second kappa shape index (κ2) is 3.72. The minimum atomic E-state index is 0.807. The summed E-state index contributed by atoms with van der Waals surface area (Å²) in [6.07, 6.45) is 1.41. The highest BCUT2D eigenvalue weighted by Crippen LogP contribution is 2.23. The maximum absolute atomic E-state index is 8.54. The number of rotatable bonds is 1. The van der Waals surface area contributed by atoms with Crippen LogP contribution < -0.4 is 0 Å². The lowest BCUT2D eigenvalue weighted by atomic mass is 10.1. The Morgan fingerprint density at radius 1 is 1.14 bits per heavy atom. The number of benzene rings is 2. The van der Waals surface area contributed by atoms with Crippen molar-refractivity contribution in [1.29, 1.82) is 0 Å². The molecule has 0 aliphatic carbocycles. The van der Waals surface area contributed by atoms with Gasteiger partial charge in [0.15, 0.2) is 0 Å². The highest BCUT2D eigenvalue weighted by atomic mass is 32.1. The Morgan fingerprint density at radius 2 is 1.93 bits per heavy atom. The van der Waals surface area contributed by atoms with Crippen LogP contribution >= 0.6 is 12.6 Å². The Balaban J connectivity index is 2.82. The Labute approximate surface area is 87.3 Å². The smallest absolute Gasteiger partial charge is 0.0751 e. The predicted molar refractivity (Wildman–Crippen MR) is 60.6 cm³/mol. The lowest BCUT2D eigenvalue weighted by Gasteiger charge is -2.03. The zero-order chi connectivity index (χ0) is 9.97. The average Bonchev–Trinajstić information content (AvgIpc) is 2.23. The highest BCUT2D eigenvalue weighted by molar-refractivity contribution is 7.80. The molecule has 0 atom stereocenters. The normalized spacial score (nSPS) is 11.2. The predicted octanol–water partition coefficient (Wildman–Crippen LogP) is 2.94. The topological polar surface area (TPSA) is 32.6 Å². The Hall–Kier alpha value is -1.48. The van der Waals surface area contributed by atoms with Crippen molar-refractivity contribution >= 4 is 29.6 Å². The van der Waals surface area contributed by atoms with Gasteiger partial charge in [-0.1, -0.05) is 35.5 Å². The molecule has 70 valence electrons. The molecule has 3 heteroatoms. The van der Waals surface area contributed by atoms with Crippen molar-refractivity contribution in [2.24, 2.45) is 5.16 Å². The maximum atomic E-state index is 8.54. The van der Waals surface area contributed by atoms with Crippen molar-refractivity contribution in [1.82, 2.24) is 0 Å². The molecule has 2 nitrogen and oxygen atoms in total. The van der Waals surface area contributed by atoms with Crippen molar-refractivity contribution in [3.05, 3.63) is 42.0 Å². The van der Waals surface area contributed by atoms with Gasteiger partial charge in [0, 0.05) is 10.5 Å². The second-order valence-corrected chi connectivity index (χ2v) is 3.45. The summed E-state index contributed by atoms with van der Waals surface area (Å²) in [4.78, 5) is 0.807. The first-order valence-electron chi connectivity index (χ1n) is 4.21. The zero-order valence-electron chi connectivity index (χ0n) is 7.38. The molecule has 0 aliphatic heterocycles. The van der Waals surface area contributed by atoms with Gasteiger partial charge in [0.25, 0.3) is 0 Å². The summed E-state index contributed by atoms with van der Waals surface area (Å²) in [6, 6.07) is 11.8. The molecule has 14 heavy (non-hydrogen) atoms. The molecule has 1 N–H and O–H groups in total. The standard InChI is InChI=1S/C11H9NOS/c13-12-7-10-9-4-2-1-3-8(9)5-6-11(10)14/h1-7,13-14H/b12-7+. The van der Waals surface area contributed by atoms with Gasteiger partial charge in [-0.15, -0.1) is 12.6 Å². The molecular weight excluding hydrogens is 194 g/mol. The second-order valence-electron chi connectivity index (χ2n) is 2.96. The molecule has 0 heterocycles. The van der Waals surface area contributed by atoms with Gasteiger partial charge in [0.2, 0.25) is 0 Å². The van der Waals surface area contributed by atoms with E-state index in [1.807, 2.05) is 36.4 Å². The van der Waals surface area contributed by atoms with E-state index in [0.717, 1.165) is 21.2 Å². The third kappa shape index (κ3) is 1.46. The van der Waals surface area contributed by atoms with Crippen LogP contribution in [0.4, 0.5) is 0 Å². The number of oxime groups is 1. The molecule has 0 aromatic heterocycles. The molecule has 0 fully saturated rings. The number of hydrogen-bond donors (Lipinski definition) is 2. The largest absolute Gasteiger partial charge is 0.411 e. The van der Waals surface area contributed by atoms with E-state index in [9.17, 15) is 0 Å². The highest BCUT2D eigenvalue weighted by Gasteiger charge is 2.01. The lowest BCUT2D eigenvalue weighted by Crippen LogP contribution is -1.86. The quantitative estimate of drug-likeness (QED) is 0.317. The van der Waals surface area contributed by atoms with Crippen molar-refractivity contribution in [3.63, 3.8) is 0 Å². The van der Waals surface area contributed by atoms with E-state index < -0.39 is 0 Å². The van der Waals surface area contributed by atoms with Crippen LogP contribution in [-0.4, -0.2) is 11.4 Å². The van der Waals surface area contributed by atoms with Crippen LogP contribution in [0.15, 0.2) is 46.4 Å². The first-order valence-corrected chi connectivity index (χ1v) is 4.66. The van der Waals surface area contributed by atoms with Gasteiger partial charge >= 0.3 is 0 Å². The third-order valence-corrected chi connectivity index (χ3v) is 2.52. The molecule has 0 bridgehead atoms. The van der Waals surface area contributed by atoms with Gasteiger partial charge in [0.05, 0.1) is 6.21 Å². The average molecular weight is 203 g/mol. The van der Waals surface area contributed by atoms with E-state index in [-0.39, 0.29) is 0 Å². The van der Waals surface area contributed by atoms with Gasteiger partial charge in [0.1, 0.15) is 0 Å².